The fourth-order valence-electron chi connectivity index (χ4n) is 3.08. The molecule has 1 N–H and O–H groups in total. The molecule has 1 fully saturated rings. The van der Waals surface area contributed by atoms with Crippen LogP contribution >= 0.6 is 0 Å². The van der Waals surface area contributed by atoms with Crippen LogP contribution in [0.1, 0.15) is 54.4 Å². The van der Waals surface area contributed by atoms with Crippen molar-refractivity contribution in [1.82, 2.24) is 10.2 Å². The van der Waals surface area contributed by atoms with Crippen molar-refractivity contribution < 1.29 is 4.74 Å². The van der Waals surface area contributed by atoms with E-state index in [-0.39, 0.29) is 11.2 Å². The van der Waals surface area contributed by atoms with E-state index in [1.54, 1.807) is 0 Å². The smallest absolute Gasteiger partial charge is 0.0760 e. The molecule has 3 heteroatoms. The van der Waals surface area contributed by atoms with Crippen LogP contribution < -0.4 is 5.32 Å². The third-order valence-electron chi connectivity index (χ3n) is 3.39. The quantitative estimate of drug-likeness (QED) is 0.720. The van der Waals surface area contributed by atoms with Gasteiger partial charge in [0.15, 0.2) is 0 Å². The van der Waals surface area contributed by atoms with Crippen LogP contribution in [-0.4, -0.2) is 48.8 Å². The maximum absolute atomic E-state index is 6.11. The SMILES string of the molecule is CC(C)CNCCCCN1CC(C)(C)OC(C)(C)C1. The van der Waals surface area contributed by atoms with Gasteiger partial charge in [-0.2, -0.15) is 0 Å². The number of morpholine rings is 1. The molecule has 1 heterocycles. The summed E-state index contributed by atoms with van der Waals surface area (Å²) in [6.45, 7) is 18.9. The van der Waals surface area contributed by atoms with Gasteiger partial charge in [0.2, 0.25) is 0 Å². The molecule has 0 radical (unpaired) electrons. The molecule has 1 rings (SSSR count). The number of rotatable bonds is 7. The summed E-state index contributed by atoms with van der Waals surface area (Å²) in [6.07, 6.45) is 2.54. The highest BCUT2D eigenvalue weighted by molar-refractivity contribution is 4.88. The van der Waals surface area contributed by atoms with Gasteiger partial charge in [0.05, 0.1) is 11.2 Å². The number of nitrogens with zero attached hydrogens (tertiary/aromatic N) is 1. The van der Waals surface area contributed by atoms with Gasteiger partial charge in [-0.05, 0) is 66.1 Å². The first-order valence-electron chi connectivity index (χ1n) is 7.83. The summed E-state index contributed by atoms with van der Waals surface area (Å²) in [7, 11) is 0. The third-order valence-corrected chi connectivity index (χ3v) is 3.39. The lowest BCUT2D eigenvalue weighted by Crippen LogP contribution is -2.57. The largest absolute Gasteiger partial charge is 0.367 e. The van der Waals surface area contributed by atoms with Gasteiger partial charge in [-0.25, -0.2) is 0 Å². The van der Waals surface area contributed by atoms with E-state index in [2.05, 4.69) is 51.8 Å². The van der Waals surface area contributed by atoms with Crippen molar-refractivity contribution in [2.75, 3.05) is 32.7 Å². The predicted molar refractivity (Wildman–Crippen MR) is 82.6 cm³/mol. The van der Waals surface area contributed by atoms with Gasteiger partial charge in [0.1, 0.15) is 0 Å². The van der Waals surface area contributed by atoms with Gasteiger partial charge >= 0.3 is 0 Å². The van der Waals surface area contributed by atoms with Crippen molar-refractivity contribution in [3.05, 3.63) is 0 Å². The maximum Gasteiger partial charge on any atom is 0.0760 e. The van der Waals surface area contributed by atoms with Gasteiger partial charge in [0, 0.05) is 13.1 Å². The molecule has 19 heavy (non-hydrogen) atoms. The highest BCUT2D eigenvalue weighted by Gasteiger charge is 2.37. The lowest BCUT2D eigenvalue weighted by molar-refractivity contribution is -0.180. The van der Waals surface area contributed by atoms with Gasteiger partial charge in [0.25, 0.3) is 0 Å². The normalized spacial score (nSPS) is 22.9. The molecule has 0 unspecified atom stereocenters. The molecule has 0 bridgehead atoms. The van der Waals surface area contributed by atoms with Gasteiger partial charge in [-0.3, -0.25) is 4.90 Å². The molecule has 0 aromatic carbocycles. The topological polar surface area (TPSA) is 24.5 Å². The maximum atomic E-state index is 6.11. The molecular weight excluding hydrogens is 236 g/mol. The zero-order valence-corrected chi connectivity index (χ0v) is 13.9. The minimum atomic E-state index is -0.0162. The average Bonchev–Trinajstić information content (AvgIpc) is 2.18. The Morgan fingerprint density at radius 1 is 1.05 bits per heavy atom. The highest BCUT2D eigenvalue weighted by atomic mass is 16.5. The first-order valence-corrected chi connectivity index (χ1v) is 7.83. The molecule has 0 spiro atoms. The summed E-state index contributed by atoms with van der Waals surface area (Å²) in [5.74, 6) is 0.751. The first-order chi connectivity index (χ1) is 8.70. The summed E-state index contributed by atoms with van der Waals surface area (Å²) in [5.41, 5.74) is -0.0325. The third kappa shape index (κ3) is 7.28. The highest BCUT2D eigenvalue weighted by Crippen LogP contribution is 2.27. The Kier molecular flexibility index (Phi) is 6.28. The molecule has 0 amide bonds. The van der Waals surface area contributed by atoms with Crippen LogP contribution in [0.2, 0.25) is 0 Å². The molecule has 1 aliphatic rings. The van der Waals surface area contributed by atoms with Crippen LogP contribution in [0.5, 0.6) is 0 Å². The molecule has 0 atom stereocenters. The van der Waals surface area contributed by atoms with Crippen molar-refractivity contribution in [3.63, 3.8) is 0 Å². The Balaban J connectivity index is 2.18. The van der Waals surface area contributed by atoms with Crippen molar-refractivity contribution in [1.29, 1.82) is 0 Å². The van der Waals surface area contributed by atoms with Crippen molar-refractivity contribution in [2.45, 2.75) is 65.6 Å². The first kappa shape index (κ1) is 16.9. The van der Waals surface area contributed by atoms with E-state index in [0.717, 1.165) is 32.1 Å². The molecule has 0 aromatic rings. The van der Waals surface area contributed by atoms with Crippen LogP contribution in [0.3, 0.4) is 0 Å². The van der Waals surface area contributed by atoms with Crippen LogP contribution in [-0.2, 0) is 4.74 Å². The number of nitrogens with one attached hydrogen (secondary N) is 1. The number of unbranched alkanes of at least 4 members (excludes halogenated alkanes) is 1. The van der Waals surface area contributed by atoms with Crippen LogP contribution in [0.15, 0.2) is 0 Å². The molecular formula is C16H34N2O. The standard InChI is InChI=1S/C16H34N2O/c1-14(2)11-17-9-7-8-10-18-12-15(3,4)19-16(5,6)13-18/h14,17H,7-13H2,1-6H3. The predicted octanol–water partition coefficient (Wildman–Crippen LogP) is 2.90. The fraction of sp³-hybridized carbons (Fsp3) is 1.00. The summed E-state index contributed by atoms with van der Waals surface area (Å²) in [6, 6.07) is 0. The van der Waals surface area contributed by atoms with Gasteiger partial charge in [-0.15, -0.1) is 0 Å². The average molecular weight is 270 g/mol. The van der Waals surface area contributed by atoms with Crippen LogP contribution in [0.25, 0.3) is 0 Å². The lowest BCUT2D eigenvalue weighted by Gasteiger charge is -2.47. The second-order valence-corrected chi connectivity index (χ2v) is 7.64. The Morgan fingerprint density at radius 3 is 2.16 bits per heavy atom. The lowest BCUT2D eigenvalue weighted by atomic mass is 9.98. The van der Waals surface area contributed by atoms with E-state index in [1.165, 1.54) is 19.4 Å². The van der Waals surface area contributed by atoms with Crippen molar-refractivity contribution in [3.8, 4) is 0 Å². The fourth-order valence-corrected chi connectivity index (χ4v) is 3.08. The Morgan fingerprint density at radius 2 is 1.63 bits per heavy atom. The van der Waals surface area contributed by atoms with Crippen LogP contribution in [0.4, 0.5) is 0 Å². The van der Waals surface area contributed by atoms with E-state index < -0.39 is 0 Å². The number of hydrogen-bond acceptors (Lipinski definition) is 3. The van der Waals surface area contributed by atoms with E-state index >= 15 is 0 Å². The second-order valence-electron chi connectivity index (χ2n) is 7.64. The molecule has 1 aliphatic heterocycles. The van der Waals surface area contributed by atoms with Crippen LogP contribution in [0, 0.1) is 5.92 Å². The van der Waals surface area contributed by atoms with E-state index in [1.807, 2.05) is 0 Å². The molecule has 0 saturated carbocycles. The molecule has 3 nitrogen and oxygen atoms in total. The Labute approximate surface area is 120 Å². The summed E-state index contributed by atoms with van der Waals surface area (Å²) < 4.78 is 6.11. The van der Waals surface area contributed by atoms with Gasteiger partial charge in [-0.1, -0.05) is 13.8 Å². The van der Waals surface area contributed by atoms with Gasteiger partial charge < -0.3 is 10.1 Å². The summed E-state index contributed by atoms with van der Waals surface area (Å²) in [4.78, 5) is 2.56. The molecule has 0 aromatic heterocycles. The zero-order chi connectivity index (χ0) is 14.5. The van der Waals surface area contributed by atoms with Crippen molar-refractivity contribution >= 4 is 0 Å². The minimum absolute atomic E-state index is 0.0162. The molecule has 114 valence electrons. The van der Waals surface area contributed by atoms with E-state index in [0.29, 0.717) is 0 Å². The van der Waals surface area contributed by atoms with E-state index in [4.69, 9.17) is 4.74 Å². The zero-order valence-electron chi connectivity index (χ0n) is 13.9. The number of hydrogen-bond donors (Lipinski definition) is 1. The monoisotopic (exact) mass is 270 g/mol. The Bertz CT molecular complexity index is 245. The second kappa shape index (κ2) is 7.05. The Hall–Kier alpha value is -0.120. The summed E-state index contributed by atoms with van der Waals surface area (Å²) >= 11 is 0. The van der Waals surface area contributed by atoms with E-state index in [9.17, 15) is 0 Å². The molecule has 1 saturated heterocycles. The minimum Gasteiger partial charge on any atom is -0.367 e. The summed E-state index contributed by atoms with van der Waals surface area (Å²) in [5, 5.41) is 3.51. The molecule has 0 aliphatic carbocycles. The number of ether oxygens (including phenoxy) is 1. The van der Waals surface area contributed by atoms with Crippen molar-refractivity contribution in [2.24, 2.45) is 5.92 Å².